The Labute approximate surface area is 134 Å². The van der Waals surface area contributed by atoms with E-state index in [1.807, 2.05) is 13.8 Å². The first-order chi connectivity index (χ1) is 9.90. The van der Waals surface area contributed by atoms with E-state index in [0.29, 0.717) is 28.1 Å². The van der Waals surface area contributed by atoms with Crippen LogP contribution in [0, 0.1) is 5.92 Å². The molecule has 2 rings (SSSR count). The molecule has 1 aromatic rings. The molecule has 0 saturated carbocycles. The monoisotopic (exact) mass is 328 g/mol. The number of carbonyl (C=O) groups is 2. The van der Waals surface area contributed by atoms with Crippen molar-refractivity contribution in [1.82, 2.24) is 5.32 Å². The molecular formula is C15H18Cl2N2O2. The number of halogens is 2. The number of carbonyl (C=O) groups excluding carboxylic acids is 2. The van der Waals surface area contributed by atoms with E-state index in [1.165, 1.54) is 4.90 Å². The Hall–Kier alpha value is -1.26. The van der Waals surface area contributed by atoms with E-state index in [9.17, 15) is 9.59 Å². The normalized spacial score (nSPS) is 19.7. The number of hydrogen-bond donors (Lipinski definition) is 1. The van der Waals surface area contributed by atoms with Gasteiger partial charge < -0.3 is 10.2 Å². The lowest BCUT2D eigenvalue weighted by atomic mass is 10.0. The number of hydrogen-bond acceptors (Lipinski definition) is 2. The van der Waals surface area contributed by atoms with E-state index in [2.05, 4.69) is 5.32 Å². The average molecular weight is 329 g/mol. The second-order valence-corrected chi connectivity index (χ2v) is 6.37. The van der Waals surface area contributed by atoms with Gasteiger partial charge in [-0.15, -0.1) is 0 Å². The molecule has 1 unspecified atom stereocenters. The van der Waals surface area contributed by atoms with Gasteiger partial charge in [0.15, 0.2) is 0 Å². The molecule has 0 radical (unpaired) electrons. The molecule has 4 nitrogen and oxygen atoms in total. The maximum absolute atomic E-state index is 12.7. The van der Waals surface area contributed by atoms with E-state index in [1.54, 1.807) is 18.2 Å². The minimum Gasteiger partial charge on any atom is -0.344 e. The van der Waals surface area contributed by atoms with Crippen molar-refractivity contribution < 1.29 is 9.59 Å². The predicted octanol–water partition coefficient (Wildman–Crippen LogP) is 3.26. The van der Waals surface area contributed by atoms with Gasteiger partial charge in [0, 0.05) is 13.0 Å². The number of nitrogens with one attached hydrogen (secondary N) is 1. The summed E-state index contributed by atoms with van der Waals surface area (Å²) in [6, 6.07) is 4.57. The molecular weight excluding hydrogens is 311 g/mol. The Morgan fingerprint density at radius 1 is 1.29 bits per heavy atom. The van der Waals surface area contributed by atoms with Crippen LogP contribution in [0.1, 0.15) is 26.7 Å². The third-order valence-corrected chi connectivity index (χ3v) is 3.99. The Morgan fingerprint density at radius 2 is 1.90 bits per heavy atom. The van der Waals surface area contributed by atoms with Crippen LogP contribution in [0.2, 0.25) is 10.0 Å². The molecule has 6 heteroatoms. The van der Waals surface area contributed by atoms with Crippen LogP contribution in [-0.2, 0) is 9.59 Å². The fourth-order valence-corrected chi connectivity index (χ4v) is 3.04. The first-order valence-corrected chi connectivity index (χ1v) is 7.70. The number of rotatable bonds is 3. The van der Waals surface area contributed by atoms with Gasteiger partial charge in [-0.05, 0) is 24.5 Å². The molecule has 1 fully saturated rings. The van der Waals surface area contributed by atoms with Gasteiger partial charge in [0.1, 0.15) is 6.04 Å². The van der Waals surface area contributed by atoms with E-state index in [4.69, 9.17) is 23.2 Å². The first kappa shape index (κ1) is 16.1. The molecule has 1 heterocycles. The number of para-hydroxylation sites is 1. The summed E-state index contributed by atoms with van der Waals surface area (Å²) in [6.07, 6.45) is 0.824. The van der Waals surface area contributed by atoms with Gasteiger partial charge >= 0.3 is 0 Å². The molecule has 0 aliphatic carbocycles. The van der Waals surface area contributed by atoms with Gasteiger partial charge in [0.25, 0.3) is 0 Å². The molecule has 1 N–H and O–H groups in total. The van der Waals surface area contributed by atoms with Gasteiger partial charge in [-0.3, -0.25) is 9.59 Å². The first-order valence-electron chi connectivity index (χ1n) is 6.95. The lowest BCUT2D eigenvalue weighted by Crippen LogP contribution is -2.45. The van der Waals surface area contributed by atoms with E-state index >= 15 is 0 Å². The zero-order valence-corrected chi connectivity index (χ0v) is 13.5. The van der Waals surface area contributed by atoms with Crippen LogP contribution in [0.3, 0.4) is 0 Å². The summed E-state index contributed by atoms with van der Waals surface area (Å²) in [4.78, 5) is 26.1. The Balaban J connectivity index is 2.37. The van der Waals surface area contributed by atoms with Crippen molar-refractivity contribution in [1.29, 1.82) is 0 Å². The highest BCUT2D eigenvalue weighted by Crippen LogP contribution is 2.34. The second-order valence-electron chi connectivity index (χ2n) is 5.56. The number of anilines is 1. The minimum absolute atomic E-state index is 0.125. The molecule has 114 valence electrons. The molecule has 0 spiro atoms. The Bertz CT molecular complexity index is 540. The number of nitrogens with zero attached hydrogens (tertiary/aromatic N) is 1. The van der Waals surface area contributed by atoms with Gasteiger partial charge in [0.2, 0.25) is 11.8 Å². The average Bonchev–Trinajstić information content (AvgIpc) is 2.51. The molecule has 21 heavy (non-hydrogen) atoms. The van der Waals surface area contributed by atoms with Crippen LogP contribution >= 0.6 is 23.2 Å². The van der Waals surface area contributed by atoms with Crippen molar-refractivity contribution in [2.75, 3.05) is 11.4 Å². The van der Waals surface area contributed by atoms with Crippen molar-refractivity contribution in [3.8, 4) is 0 Å². The third-order valence-electron chi connectivity index (χ3n) is 3.38. The SMILES string of the molecule is CC(C)CC1NC(=O)CCN(c2c(Cl)cccc2Cl)C1=O. The van der Waals surface area contributed by atoms with Gasteiger partial charge in [0.05, 0.1) is 15.7 Å². The summed E-state index contributed by atoms with van der Waals surface area (Å²) < 4.78 is 0. The predicted molar refractivity (Wildman–Crippen MR) is 84.8 cm³/mol. The van der Waals surface area contributed by atoms with Crippen molar-refractivity contribution in [2.45, 2.75) is 32.7 Å². The molecule has 1 atom stereocenters. The molecule has 2 amide bonds. The maximum atomic E-state index is 12.7. The van der Waals surface area contributed by atoms with Crippen LogP contribution in [0.15, 0.2) is 18.2 Å². The summed E-state index contributed by atoms with van der Waals surface area (Å²) in [7, 11) is 0. The fraction of sp³-hybridized carbons (Fsp3) is 0.467. The summed E-state index contributed by atoms with van der Waals surface area (Å²) in [5, 5.41) is 3.60. The molecule has 0 bridgehead atoms. The minimum atomic E-state index is -0.535. The Kier molecular flexibility index (Phi) is 5.12. The van der Waals surface area contributed by atoms with Crippen LogP contribution < -0.4 is 10.2 Å². The summed E-state index contributed by atoms with van der Waals surface area (Å²) in [6.45, 7) is 4.30. The van der Waals surface area contributed by atoms with Gasteiger partial charge in [-0.2, -0.15) is 0 Å². The highest BCUT2D eigenvalue weighted by Gasteiger charge is 2.32. The topological polar surface area (TPSA) is 49.4 Å². The van der Waals surface area contributed by atoms with Crippen molar-refractivity contribution in [3.63, 3.8) is 0 Å². The van der Waals surface area contributed by atoms with E-state index < -0.39 is 6.04 Å². The van der Waals surface area contributed by atoms with E-state index in [-0.39, 0.29) is 24.8 Å². The number of benzene rings is 1. The quantitative estimate of drug-likeness (QED) is 0.925. The standard InChI is InChI=1S/C15H18Cl2N2O2/c1-9(2)8-12-15(21)19(7-6-13(20)18-12)14-10(16)4-3-5-11(14)17/h3-5,9,12H,6-8H2,1-2H3,(H,18,20). The van der Waals surface area contributed by atoms with Crippen molar-refractivity contribution in [2.24, 2.45) is 5.92 Å². The van der Waals surface area contributed by atoms with Crippen LogP contribution in [0.5, 0.6) is 0 Å². The van der Waals surface area contributed by atoms with Gasteiger partial charge in [-0.1, -0.05) is 43.1 Å². The molecule has 1 saturated heterocycles. The van der Waals surface area contributed by atoms with Crippen molar-refractivity contribution in [3.05, 3.63) is 28.2 Å². The Morgan fingerprint density at radius 3 is 2.48 bits per heavy atom. The lowest BCUT2D eigenvalue weighted by Gasteiger charge is -2.26. The zero-order valence-electron chi connectivity index (χ0n) is 12.0. The number of amides is 2. The van der Waals surface area contributed by atoms with Crippen molar-refractivity contribution >= 4 is 40.7 Å². The van der Waals surface area contributed by atoms with Gasteiger partial charge in [-0.25, -0.2) is 0 Å². The lowest BCUT2D eigenvalue weighted by molar-refractivity contribution is -0.125. The molecule has 1 aromatic carbocycles. The maximum Gasteiger partial charge on any atom is 0.249 e. The largest absolute Gasteiger partial charge is 0.344 e. The summed E-state index contributed by atoms with van der Waals surface area (Å²) in [5.74, 6) is 0.00476. The summed E-state index contributed by atoms with van der Waals surface area (Å²) >= 11 is 12.4. The highest BCUT2D eigenvalue weighted by molar-refractivity contribution is 6.40. The van der Waals surface area contributed by atoms with E-state index in [0.717, 1.165) is 0 Å². The smallest absolute Gasteiger partial charge is 0.249 e. The molecule has 0 aromatic heterocycles. The summed E-state index contributed by atoms with van der Waals surface area (Å²) in [5.41, 5.74) is 0.482. The highest BCUT2D eigenvalue weighted by atomic mass is 35.5. The second kappa shape index (κ2) is 6.67. The van der Waals surface area contributed by atoms with Crippen LogP contribution in [-0.4, -0.2) is 24.4 Å². The third kappa shape index (κ3) is 3.69. The fourth-order valence-electron chi connectivity index (χ4n) is 2.44. The molecule has 1 aliphatic heterocycles. The van der Waals surface area contributed by atoms with Crippen LogP contribution in [0.25, 0.3) is 0 Å². The van der Waals surface area contributed by atoms with Crippen LogP contribution in [0.4, 0.5) is 5.69 Å². The molecule has 1 aliphatic rings. The zero-order chi connectivity index (χ0) is 15.6.